The van der Waals surface area contributed by atoms with E-state index in [4.69, 9.17) is 5.73 Å². The van der Waals surface area contributed by atoms with Crippen molar-refractivity contribution in [3.8, 4) is 5.75 Å². The van der Waals surface area contributed by atoms with Crippen molar-refractivity contribution in [3.05, 3.63) is 29.3 Å². The van der Waals surface area contributed by atoms with Gasteiger partial charge in [0, 0.05) is 0 Å². The fraction of sp³-hybridized carbons (Fsp3) is 0.538. The molecule has 1 aliphatic carbocycles. The molecule has 0 fully saturated rings. The predicted octanol–water partition coefficient (Wildman–Crippen LogP) is 2.09. The van der Waals surface area contributed by atoms with Gasteiger partial charge in [0.2, 0.25) is 0 Å². The van der Waals surface area contributed by atoms with Crippen LogP contribution >= 0.6 is 0 Å². The number of rotatable bonds is 2. The minimum Gasteiger partial charge on any atom is -0.508 e. The van der Waals surface area contributed by atoms with Crippen LogP contribution in [0.25, 0.3) is 0 Å². The molecule has 2 nitrogen and oxygen atoms in total. The van der Waals surface area contributed by atoms with Crippen molar-refractivity contribution in [2.75, 3.05) is 6.54 Å². The van der Waals surface area contributed by atoms with Gasteiger partial charge in [-0.2, -0.15) is 0 Å². The molecule has 1 unspecified atom stereocenters. The third-order valence-electron chi connectivity index (χ3n) is 3.80. The van der Waals surface area contributed by atoms with Crippen molar-refractivity contribution >= 4 is 0 Å². The molecule has 0 radical (unpaired) electrons. The van der Waals surface area contributed by atoms with Gasteiger partial charge in [0.1, 0.15) is 5.75 Å². The van der Waals surface area contributed by atoms with Gasteiger partial charge < -0.3 is 10.8 Å². The summed E-state index contributed by atoms with van der Waals surface area (Å²) in [5, 5.41) is 9.76. The van der Waals surface area contributed by atoms with Gasteiger partial charge in [0.15, 0.2) is 0 Å². The largest absolute Gasteiger partial charge is 0.508 e. The van der Waals surface area contributed by atoms with Crippen LogP contribution in [0.2, 0.25) is 0 Å². The summed E-state index contributed by atoms with van der Waals surface area (Å²) in [4.78, 5) is 0. The first-order chi connectivity index (χ1) is 7.04. The highest BCUT2D eigenvalue weighted by atomic mass is 16.3. The van der Waals surface area contributed by atoms with E-state index in [0.29, 0.717) is 18.2 Å². The Balaban J connectivity index is 2.26. The van der Waals surface area contributed by atoms with Crippen molar-refractivity contribution < 1.29 is 5.11 Å². The van der Waals surface area contributed by atoms with Crippen molar-refractivity contribution in [2.45, 2.75) is 26.7 Å². The second-order valence-electron chi connectivity index (χ2n) is 5.21. The molecule has 0 aromatic heterocycles. The second-order valence-corrected chi connectivity index (χ2v) is 5.21. The molecule has 0 heterocycles. The summed E-state index contributed by atoms with van der Waals surface area (Å²) in [5.74, 6) is 1.01. The van der Waals surface area contributed by atoms with Crippen LogP contribution in [0.3, 0.4) is 0 Å². The summed E-state index contributed by atoms with van der Waals surface area (Å²) in [6, 6.07) is 5.81. The third-order valence-corrected chi connectivity index (χ3v) is 3.80. The third kappa shape index (κ3) is 1.74. The SMILES string of the molecule is CC(C)(CN)C1Cc2cccc(O)c2C1. The Morgan fingerprint density at radius 1 is 1.40 bits per heavy atom. The van der Waals surface area contributed by atoms with Crippen molar-refractivity contribution in [1.29, 1.82) is 0 Å². The molecule has 0 bridgehead atoms. The summed E-state index contributed by atoms with van der Waals surface area (Å²) in [6.45, 7) is 5.12. The first-order valence-electron chi connectivity index (χ1n) is 5.54. The van der Waals surface area contributed by atoms with Gasteiger partial charge in [0.25, 0.3) is 0 Å². The van der Waals surface area contributed by atoms with E-state index in [9.17, 15) is 5.11 Å². The van der Waals surface area contributed by atoms with Crippen LogP contribution in [-0.2, 0) is 12.8 Å². The fourth-order valence-corrected chi connectivity index (χ4v) is 2.35. The molecular formula is C13H19NO. The Morgan fingerprint density at radius 2 is 2.13 bits per heavy atom. The molecule has 0 saturated heterocycles. The number of phenolic OH excluding ortho intramolecular Hbond substituents is 1. The molecule has 2 rings (SSSR count). The van der Waals surface area contributed by atoms with E-state index in [1.807, 2.05) is 6.07 Å². The predicted molar refractivity (Wildman–Crippen MR) is 61.8 cm³/mol. The number of benzene rings is 1. The van der Waals surface area contributed by atoms with Crippen LogP contribution in [-0.4, -0.2) is 11.7 Å². The van der Waals surface area contributed by atoms with E-state index < -0.39 is 0 Å². The maximum absolute atomic E-state index is 9.76. The molecular weight excluding hydrogens is 186 g/mol. The lowest BCUT2D eigenvalue weighted by molar-refractivity contribution is 0.230. The Morgan fingerprint density at radius 3 is 2.73 bits per heavy atom. The zero-order valence-corrected chi connectivity index (χ0v) is 9.46. The normalized spacial score (nSPS) is 20.3. The van der Waals surface area contributed by atoms with Crippen molar-refractivity contribution in [1.82, 2.24) is 0 Å². The van der Waals surface area contributed by atoms with Gasteiger partial charge in [-0.3, -0.25) is 0 Å². The number of fused-ring (bicyclic) bond motifs is 1. The molecule has 82 valence electrons. The summed E-state index contributed by atoms with van der Waals surface area (Å²) in [6.07, 6.45) is 2.01. The van der Waals surface area contributed by atoms with E-state index >= 15 is 0 Å². The van der Waals surface area contributed by atoms with Gasteiger partial charge >= 0.3 is 0 Å². The van der Waals surface area contributed by atoms with E-state index in [1.165, 1.54) is 5.56 Å². The molecule has 0 amide bonds. The van der Waals surface area contributed by atoms with Crippen LogP contribution in [0.1, 0.15) is 25.0 Å². The Hall–Kier alpha value is -1.02. The fourth-order valence-electron chi connectivity index (χ4n) is 2.35. The van der Waals surface area contributed by atoms with Gasteiger partial charge in [0.05, 0.1) is 0 Å². The molecule has 2 heteroatoms. The van der Waals surface area contributed by atoms with Gasteiger partial charge in [-0.1, -0.05) is 26.0 Å². The van der Waals surface area contributed by atoms with Crippen LogP contribution in [0.5, 0.6) is 5.75 Å². The zero-order valence-electron chi connectivity index (χ0n) is 9.46. The van der Waals surface area contributed by atoms with Gasteiger partial charge in [-0.05, 0) is 47.9 Å². The average Bonchev–Trinajstić information content (AvgIpc) is 2.64. The first-order valence-corrected chi connectivity index (χ1v) is 5.54. The average molecular weight is 205 g/mol. The smallest absolute Gasteiger partial charge is 0.119 e. The lowest BCUT2D eigenvalue weighted by Crippen LogP contribution is -2.32. The minimum absolute atomic E-state index is 0.158. The lowest BCUT2D eigenvalue weighted by Gasteiger charge is -2.29. The second kappa shape index (κ2) is 3.53. The maximum Gasteiger partial charge on any atom is 0.119 e. The number of nitrogens with two attached hydrogens (primary N) is 1. The summed E-state index contributed by atoms with van der Waals surface area (Å²) < 4.78 is 0. The quantitative estimate of drug-likeness (QED) is 0.776. The van der Waals surface area contributed by atoms with E-state index in [-0.39, 0.29) is 5.41 Å². The molecule has 0 saturated carbocycles. The minimum atomic E-state index is 0.158. The Bertz CT molecular complexity index is 371. The molecule has 15 heavy (non-hydrogen) atoms. The van der Waals surface area contributed by atoms with Gasteiger partial charge in [-0.15, -0.1) is 0 Å². The van der Waals surface area contributed by atoms with Crippen LogP contribution in [0, 0.1) is 11.3 Å². The monoisotopic (exact) mass is 205 g/mol. The van der Waals surface area contributed by atoms with Crippen LogP contribution < -0.4 is 5.73 Å². The van der Waals surface area contributed by atoms with Crippen molar-refractivity contribution in [3.63, 3.8) is 0 Å². The highest BCUT2D eigenvalue weighted by Gasteiger charge is 2.34. The Labute approximate surface area is 91.1 Å². The standard InChI is InChI=1S/C13H19NO/c1-13(2,8-14)10-6-9-4-3-5-12(15)11(9)7-10/h3-5,10,15H,6-8,14H2,1-2H3. The number of phenols is 1. The zero-order chi connectivity index (χ0) is 11.1. The molecule has 0 spiro atoms. The first kappa shape index (κ1) is 10.5. The molecule has 1 atom stereocenters. The van der Waals surface area contributed by atoms with E-state index in [2.05, 4.69) is 19.9 Å². The lowest BCUT2D eigenvalue weighted by atomic mass is 9.77. The van der Waals surface area contributed by atoms with Crippen molar-refractivity contribution in [2.24, 2.45) is 17.1 Å². The highest BCUT2D eigenvalue weighted by molar-refractivity contribution is 5.43. The molecule has 1 aromatic rings. The Kier molecular flexibility index (Phi) is 2.47. The molecule has 1 aromatic carbocycles. The highest BCUT2D eigenvalue weighted by Crippen LogP contribution is 2.40. The maximum atomic E-state index is 9.76. The molecule has 3 N–H and O–H groups in total. The summed E-state index contributed by atoms with van der Waals surface area (Å²) in [7, 11) is 0. The molecule has 0 aliphatic heterocycles. The number of hydrogen-bond donors (Lipinski definition) is 2. The summed E-state index contributed by atoms with van der Waals surface area (Å²) in [5.41, 5.74) is 8.38. The van der Waals surface area contributed by atoms with E-state index in [0.717, 1.165) is 18.4 Å². The van der Waals surface area contributed by atoms with Crippen LogP contribution in [0.15, 0.2) is 18.2 Å². The van der Waals surface area contributed by atoms with Crippen LogP contribution in [0.4, 0.5) is 0 Å². The van der Waals surface area contributed by atoms with E-state index in [1.54, 1.807) is 6.07 Å². The van der Waals surface area contributed by atoms with Gasteiger partial charge in [-0.25, -0.2) is 0 Å². The number of hydrogen-bond acceptors (Lipinski definition) is 2. The topological polar surface area (TPSA) is 46.2 Å². The number of aromatic hydroxyl groups is 1. The summed E-state index contributed by atoms with van der Waals surface area (Å²) >= 11 is 0. The molecule has 1 aliphatic rings.